The van der Waals surface area contributed by atoms with Gasteiger partial charge in [-0.3, -0.25) is 4.79 Å². The van der Waals surface area contributed by atoms with Gasteiger partial charge >= 0.3 is 11.9 Å². The minimum absolute atomic E-state index is 0.258. The summed E-state index contributed by atoms with van der Waals surface area (Å²) in [6.07, 6.45) is -0.972. The second-order valence-corrected chi connectivity index (χ2v) is 5.83. The fourth-order valence-corrected chi connectivity index (χ4v) is 2.66. The molecular weight excluding hydrogens is 322 g/mol. The van der Waals surface area contributed by atoms with Crippen molar-refractivity contribution < 1.29 is 23.9 Å². The number of esters is 2. The molecule has 0 aromatic heterocycles. The third-order valence-corrected chi connectivity index (χ3v) is 4.07. The number of hydrogen-bond donors (Lipinski definition) is 1. The summed E-state index contributed by atoms with van der Waals surface area (Å²) >= 11 is 0. The summed E-state index contributed by atoms with van der Waals surface area (Å²) in [5.41, 5.74) is 7.36. The van der Waals surface area contributed by atoms with Crippen molar-refractivity contribution in [3.63, 3.8) is 0 Å². The van der Waals surface area contributed by atoms with Gasteiger partial charge in [-0.15, -0.1) is 0 Å². The van der Waals surface area contributed by atoms with Crippen molar-refractivity contribution in [1.82, 2.24) is 0 Å². The molecule has 0 aliphatic carbocycles. The van der Waals surface area contributed by atoms with E-state index in [9.17, 15) is 14.4 Å². The van der Waals surface area contributed by atoms with Crippen LogP contribution in [0.1, 0.15) is 44.9 Å². The highest BCUT2D eigenvalue weighted by Gasteiger charge is 2.28. The first-order valence-corrected chi connectivity index (χ1v) is 7.85. The van der Waals surface area contributed by atoms with Gasteiger partial charge in [0.2, 0.25) is 0 Å². The van der Waals surface area contributed by atoms with Gasteiger partial charge in [-0.1, -0.05) is 30.3 Å². The molecule has 1 aliphatic rings. The highest BCUT2D eigenvalue weighted by Crippen LogP contribution is 2.31. The van der Waals surface area contributed by atoms with E-state index in [1.807, 2.05) is 30.3 Å². The topological polar surface area (TPSA) is 95.7 Å². The van der Waals surface area contributed by atoms with Crippen LogP contribution in [0.25, 0.3) is 0 Å². The number of hydrogen-bond acceptors (Lipinski definition) is 5. The number of primary amides is 1. The molecule has 1 amide bonds. The summed E-state index contributed by atoms with van der Waals surface area (Å²) in [5.74, 6) is -1.82. The molecule has 2 N–H and O–H groups in total. The molecule has 6 nitrogen and oxygen atoms in total. The molecule has 2 aromatic carbocycles. The number of ether oxygens (including phenoxy) is 2. The second kappa shape index (κ2) is 6.76. The van der Waals surface area contributed by atoms with Crippen molar-refractivity contribution in [1.29, 1.82) is 0 Å². The first-order valence-electron chi connectivity index (χ1n) is 7.85. The Bertz CT molecular complexity index is 831. The fraction of sp³-hybridized carbons (Fsp3) is 0.211. The second-order valence-electron chi connectivity index (χ2n) is 5.83. The van der Waals surface area contributed by atoms with Crippen LogP contribution in [-0.2, 0) is 20.7 Å². The smallest absolute Gasteiger partial charge is 0.339 e. The Balaban J connectivity index is 1.85. The Morgan fingerprint density at radius 2 is 1.92 bits per heavy atom. The van der Waals surface area contributed by atoms with Crippen molar-refractivity contribution >= 4 is 17.8 Å². The predicted octanol–water partition coefficient (Wildman–Crippen LogP) is 2.17. The van der Waals surface area contributed by atoms with Gasteiger partial charge in [-0.05, 0) is 36.2 Å². The van der Waals surface area contributed by atoms with E-state index in [2.05, 4.69) is 0 Å². The lowest BCUT2D eigenvalue weighted by atomic mass is 9.93. The Labute approximate surface area is 144 Å². The van der Waals surface area contributed by atoms with E-state index >= 15 is 0 Å². The normalized spacial score (nSPS) is 17.2. The lowest BCUT2D eigenvalue weighted by molar-refractivity contribution is -0.125. The lowest BCUT2D eigenvalue weighted by Crippen LogP contribution is -2.30. The molecule has 0 saturated carbocycles. The maximum absolute atomic E-state index is 12.2. The molecule has 0 radical (unpaired) electrons. The molecule has 1 aliphatic heterocycles. The molecule has 25 heavy (non-hydrogen) atoms. The van der Waals surface area contributed by atoms with Gasteiger partial charge in [0.15, 0.2) is 6.10 Å². The maximum Gasteiger partial charge on any atom is 0.339 e. The monoisotopic (exact) mass is 339 g/mol. The van der Waals surface area contributed by atoms with E-state index in [1.165, 1.54) is 19.1 Å². The molecular formula is C19H17NO5. The molecule has 2 aromatic rings. The standard InChI is InChI=1S/C19H17NO5/c1-11(17(20)21)24-18(22)13-7-8-15-14(9-13)10-16(25-19(15)23)12-5-3-2-4-6-12/h2-9,11,16H,10H2,1H3,(H2,20,21). The van der Waals surface area contributed by atoms with Gasteiger partial charge in [-0.2, -0.15) is 0 Å². The number of rotatable bonds is 4. The van der Waals surface area contributed by atoms with Crippen LogP contribution in [-0.4, -0.2) is 23.9 Å². The van der Waals surface area contributed by atoms with Crippen LogP contribution in [0.15, 0.2) is 48.5 Å². The van der Waals surface area contributed by atoms with Crippen LogP contribution in [0, 0.1) is 0 Å². The zero-order chi connectivity index (χ0) is 18.0. The zero-order valence-corrected chi connectivity index (χ0v) is 13.6. The van der Waals surface area contributed by atoms with Crippen LogP contribution < -0.4 is 5.73 Å². The van der Waals surface area contributed by atoms with Gasteiger partial charge in [0.05, 0.1) is 11.1 Å². The minimum Gasteiger partial charge on any atom is -0.454 e. The van der Waals surface area contributed by atoms with Crippen LogP contribution in [0.5, 0.6) is 0 Å². The van der Waals surface area contributed by atoms with Crippen molar-refractivity contribution in [2.45, 2.75) is 25.6 Å². The van der Waals surface area contributed by atoms with E-state index in [1.54, 1.807) is 6.07 Å². The average Bonchev–Trinajstić information content (AvgIpc) is 2.61. The molecule has 2 unspecified atom stereocenters. The Morgan fingerprint density at radius 1 is 1.20 bits per heavy atom. The van der Waals surface area contributed by atoms with Crippen molar-refractivity contribution in [3.8, 4) is 0 Å². The number of benzene rings is 2. The third-order valence-electron chi connectivity index (χ3n) is 4.07. The maximum atomic E-state index is 12.2. The Hall–Kier alpha value is -3.15. The summed E-state index contributed by atoms with van der Waals surface area (Å²) < 4.78 is 10.5. The molecule has 0 spiro atoms. The molecule has 6 heteroatoms. The Kier molecular flexibility index (Phi) is 4.52. The van der Waals surface area contributed by atoms with Gasteiger partial charge < -0.3 is 15.2 Å². The number of fused-ring (bicyclic) bond motifs is 1. The van der Waals surface area contributed by atoms with Gasteiger partial charge in [0.25, 0.3) is 5.91 Å². The first kappa shape index (κ1) is 16.7. The van der Waals surface area contributed by atoms with Crippen molar-refractivity contribution in [2.75, 3.05) is 0 Å². The number of carbonyl (C=O) groups is 3. The SMILES string of the molecule is CC(OC(=O)c1ccc2c(c1)CC(c1ccccc1)OC2=O)C(N)=O. The number of amides is 1. The van der Waals surface area contributed by atoms with Crippen LogP contribution >= 0.6 is 0 Å². The average molecular weight is 339 g/mol. The van der Waals surface area contributed by atoms with Crippen LogP contribution in [0.3, 0.4) is 0 Å². The summed E-state index contributed by atoms with van der Waals surface area (Å²) in [6, 6.07) is 14.0. The summed E-state index contributed by atoms with van der Waals surface area (Å²) in [4.78, 5) is 35.4. The van der Waals surface area contributed by atoms with Gasteiger partial charge in [0.1, 0.15) is 6.10 Å². The number of carbonyl (C=O) groups excluding carboxylic acids is 3. The van der Waals surface area contributed by atoms with Crippen LogP contribution in [0.2, 0.25) is 0 Å². The quantitative estimate of drug-likeness (QED) is 0.861. The van der Waals surface area contributed by atoms with Crippen molar-refractivity contribution in [2.24, 2.45) is 5.73 Å². The molecule has 0 bridgehead atoms. The highest BCUT2D eigenvalue weighted by atomic mass is 16.5. The van der Waals surface area contributed by atoms with E-state index < -0.39 is 30.1 Å². The zero-order valence-electron chi connectivity index (χ0n) is 13.6. The van der Waals surface area contributed by atoms with Gasteiger partial charge in [-0.25, -0.2) is 9.59 Å². The molecule has 0 fully saturated rings. The molecule has 128 valence electrons. The molecule has 0 saturated heterocycles. The first-order chi connectivity index (χ1) is 12.0. The van der Waals surface area contributed by atoms with E-state index in [0.29, 0.717) is 17.5 Å². The van der Waals surface area contributed by atoms with E-state index in [-0.39, 0.29) is 5.56 Å². The summed E-state index contributed by atoms with van der Waals surface area (Å²) in [6.45, 7) is 1.40. The summed E-state index contributed by atoms with van der Waals surface area (Å²) in [5, 5.41) is 0. The highest BCUT2D eigenvalue weighted by molar-refractivity contribution is 5.96. The Morgan fingerprint density at radius 3 is 2.60 bits per heavy atom. The van der Waals surface area contributed by atoms with E-state index in [4.69, 9.17) is 15.2 Å². The molecule has 1 heterocycles. The number of cyclic esters (lactones) is 1. The predicted molar refractivity (Wildman–Crippen MR) is 88.8 cm³/mol. The van der Waals surface area contributed by atoms with Gasteiger partial charge in [0, 0.05) is 6.42 Å². The number of nitrogens with two attached hydrogens (primary N) is 1. The lowest BCUT2D eigenvalue weighted by Gasteiger charge is -2.25. The largest absolute Gasteiger partial charge is 0.454 e. The van der Waals surface area contributed by atoms with Crippen molar-refractivity contribution in [3.05, 3.63) is 70.8 Å². The fourth-order valence-electron chi connectivity index (χ4n) is 2.66. The van der Waals surface area contributed by atoms with Crippen LogP contribution in [0.4, 0.5) is 0 Å². The minimum atomic E-state index is -1.02. The summed E-state index contributed by atoms with van der Waals surface area (Å²) in [7, 11) is 0. The molecule has 3 rings (SSSR count). The van der Waals surface area contributed by atoms with E-state index in [0.717, 1.165) is 5.56 Å². The molecule has 2 atom stereocenters. The third kappa shape index (κ3) is 3.52.